The van der Waals surface area contributed by atoms with E-state index in [1.807, 2.05) is 42.6 Å². The van der Waals surface area contributed by atoms with E-state index in [9.17, 15) is 0 Å². The molecule has 2 aromatic carbocycles. The molecule has 0 atom stereocenters. The summed E-state index contributed by atoms with van der Waals surface area (Å²) in [7, 11) is 1.66. The van der Waals surface area contributed by atoms with Crippen molar-refractivity contribution in [3.05, 3.63) is 47.6 Å². The van der Waals surface area contributed by atoms with E-state index < -0.39 is 0 Å². The molecule has 0 saturated carbocycles. The molecule has 3 aromatic rings. The van der Waals surface area contributed by atoms with Crippen LogP contribution in [0, 0.1) is 0 Å². The molecule has 4 rings (SSSR count). The van der Waals surface area contributed by atoms with Gasteiger partial charge in [-0.2, -0.15) is 0 Å². The first-order valence-electron chi connectivity index (χ1n) is 8.18. The highest BCUT2D eigenvalue weighted by Gasteiger charge is 2.14. The van der Waals surface area contributed by atoms with Crippen LogP contribution in [0.1, 0.15) is 0 Å². The van der Waals surface area contributed by atoms with Crippen molar-refractivity contribution in [1.29, 1.82) is 0 Å². The molecule has 2 heterocycles. The van der Waals surface area contributed by atoms with Gasteiger partial charge < -0.3 is 14.4 Å². The number of rotatable bonds is 3. The van der Waals surface area contributed by atoms with E-state index in [0.29, 0.717) is 5.02 Å². The summed E-state index contributed by atoms with van der Waals surface area (Å²) in [6.45, 7) is 3.11. The Morgan fingerprint density at radius 1 is 1.08 bits per heavy atom. The van der Waals surface area contributed by atoms with Crippen molar-refractivity contribution in [2.45, 2.75) is 0 Å². The fraction of sp³-hybridized carbons (Fsp3) is 0.263. The Bertz CT molecular complexity index is 910. The van der Waals surface area contributed by atoms with Crippen LogP contribution in [0.5, 0.6) is 5.75 Å². The van der Waals surface area contributed by atoms with Gasteiger partial charge in [-0.1, -0.05) is 17.7 Å². The Labute approximate surface area is 151 Å². The molecule has 0 radical (unpaired) electrons. The average Bonchev–Trinajstić information content (AvgIpc) is 2.68. The van der Waals surface area contributed by atoms with Crippen LogP contribution >= 0.6 is 11.6 Å². The van der Waals surface area contributed by atoms with E-state index >= 15 is 0 Å². The molecule has 25 heavy (non-hydrogen) atoms. The normalized spacial score (nSPS) is 14.7. The summed E-state index contributed by atoms with van der Waals surface area (Å²) >= 11 is 6.17. The number of benzene rings is 2. The largest absolute Gasteiger partial charge is 0.496 e. The number of fused-ring (bicyclic) bond motifs is 1. The van der Waals surface area contributed by atoms with Crippen LogP contribution in [0.25, 0.3) is 22.2 Å². The molecule has 0 aliphatic carbocycles. The van der Waals surface area contributed by atoms with Crippen molar-refractivity contribution in [2.24, 2.45) is 0 Å². The maximum Gasteiger partial charge on any atom is 0.148 e. The Kier molecular flexibility index (Phi) is 4.42. The fourth-order valence-electron chi connectivity index (χ4n) is 3.02. The molecule has 5 nitrogen and oxygen atoms in total. The molecule has 1 aliphatic heterocycles. The molecule has 6 heteroatoms. The lowest BCUT2D eigenvalue weighted by Crippen LogP contribution is -2.36. The number of methoxy groups -OCH3 is 1. The number of morpholine rings is 1. The summed E-state index contributed by atoms with van der Waals surface area (Å²) in [6.07, 6.45) is 1.83. The number of anilines is 1. The van der Waals surface area contributed by atoms with E-state index in [2.05, 4.69) is 9.88 Å². The van der Waals surface area contributed by atoms with Gasteiger partial charge >= 0.3 is 0 Å². The predicted octanol–water partition coefficient (Wildman–Crippen LogP) is 3.80. The number of nitrogens with zero attached hydrogens (tertiary/aromatic N) is 3. The molecular weight excluding hydrogens is 338 g/mol. The van der Waals surface area contributed by atoms with E-state index in [4.69, 9.17) is 26.1 Å². The molecule has 1 fully saturated rings. The zero-order chi connectivity index (χ0) is 17.2. The van der Waals surface area contributed by atoms with Crippen molar-refractivity contribution in [3.8, 4) is 16.9 Å². The molecule has 0 unspecified atom stereocenters. The van der Waals surface area contributed by atoms with Gasteiger partial charge in [-0.15, -0.1) is 0 Å². The van der Waals surface area contributed by atoms with E-state index in [1.54, 1.807) is 7.11 Å². The van der Waals surface area contributed by atoms with Crippen LogP contribution < -0.4 is 9.64 Å². The summed E-state index contributed by atoms with van der Waals surface area (Å²) in [6, 6.07) is 11.6. The molecule has 1 saturated heterocycles. The van der Waals surface area contributed by atoms with Crippen molar-refractivity contribution >= 4 is 28.5 Å². The van der Waals surface area contributed by atoms with Crippen LogP contribution in [0.3, 0.4) is 0 Å². The maximum absolute atomic E-state index is 6.17. The topological polar surface area (TPSA) is 47.5 Å². The highest BCUT2D eigenvalue weighted by atomic mass is 35.5. The van der Waals surface area contributed by atoms with Crippen LogP contribution in [0.4, 0.5) is 5.82 Å². The van der Waals surface area contributed by atoms with E-state index in [1.165, 1.54) is 0 Å². The Balaban J connectivity index is 1.77. The Morgan fingerprint density at radius 2 is 1.92 bits per heavy atom. The van der Waals surface area contributed by atoms with Crippen molar-refractivity contribution in [2.75, 3.05) is 38.3 Å². The zero-order valence-corrected chi connectivity index (χ0v) is 14.7. The second kappa shape index (κ2) is 6.86. The number of hydrogen-bond acceptors (Lipinski definition) is 5. The molecule has 1 aromatic heterocycles. The van der Waals surface area contributed by atoms with Crippen LogP contribution in [-0.4, -0.2) is 43.4 Å². The highest BCUT2D eigenvalue weighted by molar-refractivity contribution is 6.31. The number of halogens is 1. The summed E-state index contributed by atoms with van der Waals surface area (Å²) < 4.78 is 10.9. The highest BCUT2D eigenvalue weighted by Crippen LogP contribution is 2.33. The third kappa shape index (κ3) is 3.25. The van der Waals surface area contributed by atoms with Crippen LogP contribution in [-0.2, 0) is 4.74 Å². The lowest BCUT2D eigenvalue weighted by Gasteiger charge is -2.27. The van der Waals surface area contributed by atoms with E-state index in [-0.39, 0.29) is 0 Å². The van der Waals surface area contributed by atoms with Gasteiger partial charge in [-0.25, -0.2) is 4.98 Å². The minimum atomic E-state index is 0.670. The molecular formula is C19H18ClN3O2. The predicted molar refractivity (Wildman–Crippen MR) is 99.6 cm³/mol. The SMILES string of the molecule is COc1ccc(Cl)cc1-c1ccc2ncc(N3CCOCC3)nc2c1. The zero-order valence-electron chi connectivity index (χ0n) is 13.9. The molecule has 1 aliphatic rings. The van der Waals surface area contributed by atoms with Gasteiger partial charge in [0.2, 0.25) is 0 Å². The Morgan fingerprint density at radius 3 is 2.72 bits per heavy atom. The maximum atomic E-state index is 6.17. The minimum absolute atomic E-state index is 0.670. The van der Waals surface area contributed by atoms with Gasteiger partial charge in [0.15, 0.2) is 0 Å². The third-order valence-electron chi connectivity index (χ3n) is 4.34. The standard InChI is InChI=1S/C19H18ClN3O2/c1-24-18-5-3-14(20)11-15(18)13-2-4-16-17(10-13)22-19(12-21-16)23-6-8-25-9-7-23/h2-5,10-12H,6-9H2,1H3. The first-order chi connectivity index (χ1) is 12.2. The average molecular weight is 356 g/mol. The smallest absolute Gasteiger partial charge is 0.148 e. The number of hydrogen-bond donors (Lipinski definition) is 0. The van der Waals surface area contributed by atoms with Gasteiger partial charge in [-0.05, 0) is 35.9 Å². The van der Waals surface area contributed by atoms with Crippen LogP contribution in [0.2, 0.25) is 5.02 Å². The monoisotopic (exact) mass is 355 g/mol. The molecule has 0 spiro atoms. The number of ether oxygens (including phenoxy) is 2. The third-order valence-corrected chi connectivity index (χ3v) is 4.57. The summed E-state index contributed by atoms with van der Waals surface area (Å²) in [5, 5.41) is 0.670. The second-order valence-electron chi connectivity index (χ2n) is 5.88. The molecule has 0 N–H and O–H groups in total. The second-order valence-corrected chi connectivity index (χ2v) is 6.31. The summed E-state index contributed by atoms with van der Waals surface area (Å²) in [5.41, 5.74) is 3.65. The first-order valence-corrected chi connectivity index (χ1v) is 8.56. The lowest BCUT2D eigenvalue weighted by molar-refractivity contribution is 0.122. The first kappa shape index (κ1) is 16.1. The summed E-state index contributed by atoms with van der Waals surface area (Å²) in [4.78, 5) is 11.5. The minimum Gasteiger partial charge on any atom is -0.496 e. The summed E-state index contributed by atoms with van der Waals surface area (Å²) in [5.74, 6) is 1.66. The van der Waals surface area contributed by atoms with Gasteiger partial charge in [0, 0.05) is 23.7 Å². The van der Waals surface area contributed by atoms with Crippen molar-refractivity contribution < 1.29 is 9.47 Å². The fourth-order valence-corrected chi connectivity index (χ4v) is 3.19. The van der Waals surface area contributed by atoms with Gasteiger partial charge in [0.1, 0.15) is 11.6 Å². The molecule has 0 amide bonds. The van der Waals surface area contributed by atoms with Gasteiger partial charge in [0.25, 0.3) is 0 Å². The Hall–Kier alpha value is -2.37. The van der Waals surface area contributed by atoms with Crippen molar-refractivity contribution in [1.82, 2.24) is 9.97 Å². The lowest BCUT2D eigenvalue weighted by atomic mass is 10.0. The number of aromatic nitrogens is 2. The van der Waals surface area contributed by atoms with Gasteiger partial charge in [0.05, 0.1) is 37.6 Å². The van der Waals surface area contributed by atoms with Gasteiger partial charge in [-0.3, -0.25) is 4.98 Å². The molecule has 0 bridgehead atoms. The van der Waals surface area contributed by atoms with Crippen LogP contribution in [0.15, 0.2) is 42.6 Å². The van der Waals surface area contributed by atoms with E-state index in [0.717, 1.165) is 60.0 Å². The quantitative estimate of drug-likeness (QED) is 0.715. The molecule has 128 valence electrons. The van der Waals surface area contributed by atoms with Crippen molar-refractivity contribution in [3.63, 3.8) is 0 Å².